The molecule has 9 heteroatoms. The first kappa shape index (κ1) is 30.0. The predicted octanol–water partition coefficient (Wildman–Crippen LogP) is 3.48. The van der Waals surface area contributed by atoms with Gasteiger partial charge >= 0.3 is 0 Å². The molecule has 0 aromatic heterocycles. The number of hydroxylamine groups is 2. The lowest BCUT2D eigenvalue weighted by molar-refractivity contribution is -0.156. The summed E-state index contributed by atoms with van der Waals surface area (Å²) < 4.78 is 0. The molecule has 1 aromatic rings. The van der Waals surface area contributed by atoms with Gasteiger partial charge in [-0.3, -0.25) is 24.5 Å². The van der Waals surface area contributed by atoms with Crippen molar-refractivity contribution in [2.45, 2.75) is 90.8 Å². The van der Waals surface area contributed by atoms with Crippen molar-refractivity contribution in [2.75, 3.05) is 26.2 Å². The van der Waals surface area contributed by atoms with Crippen molar-refractivity contribution in [3.8, 4) is 6.07 Å². The quantitative estimate of drug-likeness (QED) is 0.276. The van der Waals surface area contributed by atoms with Gasteiger partial charge in [0.05, 0.1) is 24.1 Å². The van der Waals surface area contributed by atoms with Gasteiger partial charge in [0.15, 0.2) is 0 Å². The zero-order valence-corrected chi connectivity index (χ0v) is 24.3. The lowest BCUT2D eigenvalue weighted by Gasteiger charge is -2.42. The van der Waals surface area contributed by atoms with Gasteiger partial charge in [-0.2, -0.15) is 5.26 Å². The Bertz CT molecular complexity index is 1100. The molecule has 2 aliphatic heterocycles. The van der Waals surface area contributed by atoms with Crippen LogP contribution in [0.5, 0.6) is 0 Å². The second-order valence-corrected chi connectivity index (χ2v) is 13.0. The molecule has 0 unspecified atom stereocenters. The topological polar surface area (TPSA) is 117 Å². The van der Waals surface area contributed by atoms with Crippen LogP contribution in [0.1, 0.15) is 82.4 Å². The van der Waals surface area contributed by atoms with Crippen LogP contribution in [-0.4, -0.2) is 76.6 Å². The van der Waals surface area contributed by atoms with Crippen LogP contribution in [0.25, 0.3) is 0 Å². The normalized spacial score (nSPS) is 20.3. The van der Waals surface area contributed by atoms with E-state index in [-0.39, 0.29) is 18.4 Å². The summed E-state index contributed by atoms with van der Waals surface area (Å²) in [7, 11) is 0. The van der Waals surface area contributed by atoms with Crippen molar-refractivity contribution in [2.24, 2.45) is 17.3 Å². The molecular formula is C31H45N5O4. The molecule has 2 atom stereocenters. The highest BCUT2D eigenvalue weighted by Gasteiger charge is 2.39. The number of hydrogen-bond acceptors (Lipinski definition) is 6. The number of carbonyl (C=O) groups excluding carboxylic acids is 3. The molecule has 2 fully saturated rings. The molecule has 1 saturated carbocycles. The summed E-state index contributed by atoms with van der Waals surface area (Å²) in [5.41, 5.74) is 2.73. The van der Waals surface area contributed by atoms with E-state index in [0.717, 1.165) is 58.0 Å². The lowest BCUT2D eigenvalue weighted by atomic mass is 9.84. The molecule has 1 aromatic carbocycles. The summed E-state index contributed by atoms with van der Waals surface area (Å²) in [6.45, 7) is 8.87. The van der Waals surface area contributed by atoms with Crippen LogP contribution in [0.4, 0.5) is 0 Å². The minimum Gasteiger partial charge on any atom is -0.344 e. The number of nitriles is 1. The number of amides is 3. The maximum Gasteiger partial charge on any atom is 0.245 e. The van der Waals surface area contributed by atoms with E-state index in [2.05, 4.69) is 22.4 Å². The first-order valence-electron chi connectivity index (χ1n) is 14.8. The minimum absolute atomic E-state index is 0.0715. The molecule has 1 aliphatic carbocycles. The van der Waals surface area contributed by atoms with Crippen molar-refractivity contribution in [1.82, 2.24) is 20.2 Å². The highest BCUT2D eigenvalue weighted by molar-refractivity contribution is 5.89. The fourth-order valence-electron chi connectivity index (χ4n) is 6.68. The molecule has 2 heterocycles. The maximum absolute atomic E-state index is 13.8. The number of likely N-dealkylation sites (tertiary alicyclic amines) is 1. The summed E-state index contributed by atoms with van der Waals surface area (Å²) in [6.07, 6.45) is 8.01. The van der Waals surface area contributed by atoms with Crippen LogP contribution >= 0.6 is 0 Å². The number of nitrogens with one attached hydrogen (secondary N) is 1. The Kier molecular flexibility index (Phi) is 9.85. The molecule has 40 heavy (non-hydrogen) atoms. The Labute approximate surface area is 238 Å². The zero-order valence-electron chi connectivity index (χ0n) is 24.3. The lowest BCUT2D eigenvalue weighted by Crippen LogP contribution is -2.58. The molecule has 3 aliphatic rings. The molecule has 3 amide bonds. The minimum atomic E-state index is -0.697. The van der Waals surface area contributed by atoms with E-state index in [4.69, 9.17) is 0 Å². The highest BCUT2D eigenvalue weighted by atomic mass is 16.5. The van der Waals surface area contributed by atoms with E-state index < -0.39 is 17.4 Å². The molecule has 9 nitrogen and oxygen atoms in total. The van der Waals surface area contributed by atoms with Crippen molar-refractivity contribution in [3.05, 3.63) is 34.9 Å². The highest BCUT2D eigenvalue weighted by Crippen LogP contribution is 2.32. The van der Waals surface area contributed by atoms with Gasteiger partial charge in [-0.05, 0) is 60.3 Å². The van der Waals surface area contributed by atoms with Gasteiger partial charge in [0.25, 0.3) is 0 Å². The average molecular weight is 552 g/mol. The van der Waals surface area contributed by atoms with Gasteiger partial charge in [-0.1, -0.05) is 52.5 Å². The summed E-state index contributed by atoms with van der Waals surface area (Å²) in [4.78, 5) is 42.7. The third kappa shape index (κ3) is 7.41. The van der Waals surface area contributed by atoms with Crippen molar-refractivity contribution in [3.63, 3.8) is 0 Å². The molecule has 2 N–H and O–H groups in total. The standard InChI is InChI=1S/C31H45N5O4/c1-31(2,3)28(33-29(38)26(20-36(40)21-37)16-22-6-4-5-7-22)30(39)34-14-11-27(12-15-34)35-13-10-24-9-8-23(18-32)17-25(24)19-35/h8-9,17,21-22,26-28,40H,4-7,10-16,19-20H2,1-3H3,(H,33,38)/t26-,28-/m1/s1. The largest absolute Gasteiger partial charge is 0.344 e. The van der Waals surface area contributed by atoms with Gasteiger partial charge in [0.2, 0.25) is 18.2 Å². The number of benzene rings is 1. The van der Waals surface area contributed by atoms with E-state index in [1.54, 1.807) is 0 Å². The Morgan fingerprint density at radius 3 is 2.48 bits per heavy atom. The second kappa shape index (κ2) is 13.1. The van der Waals surface area contributed by atoms with Crippen LogP contribution < -0.4 is 5.32 Å². The zero-order chi connectivity index (χ0) is 28.9. The molecule has 0 bridgehead atoms. The number of hydrogen-bond donors (Lipinski definition) is 2. The summed E-state index contributed by atoms with van der Waals surface area (Å²) >= 11 is 0. The SMILES string of the molecule is CC(C)(C)[C@H](NC(=O)[C@H](CC1CCCC1)CN(O)C=O)C(=O)N1CCC(N2CCc3ccc(C#N)cc3C2)CC1. The van der Waals surface area contributed by atoms with E-state index in [0.29, 0.717) is 48.5 Å². The first-order chi connectivity index (χ1) is 19.1. The monoisotopic (exact) mass is 551 g/mol. The van der Waals surface area contributed by atoms with Gasteiger partial charge in [-0.25, -0.2) is 5.06 Å². The van der Waals surface area contributed by atoms with E-state index >= 15 is 0 Å². The van der Waals surface area contributed by atoms with Crippen molar-refractivity contribution < 1.29 is 19.6 Å². The van der Waals surface area contributed by atoms with Gasteiger partial charge in [0, 0.05) is 32.2 Å². The predicted molar refractivity (Wildman–Crippen MR) is 151 cm³/mol. The van der Waals surface area contributed by atoms with Gasteiger partial charge in [0.1, 0.15) is 6.04 Å². The van der Waals surface area contributed by atoms with Crippen LogP contribution in [0.2, 0.25) is 0 Å². The van der Waals surface area contributed by atoms with Gasteiger partial charge in [-0.15, -0.1) is 0 Å². The van der Waals surface area contributed by atoms with Crippen LogP contribution in [0.15, 0.2) is 18.2 Å². The number of fused-ring (bicyclic) bond motifs is 1. The number of piperidine rings is 1. The fraction of sp³-hybridized carbons (Fsp3) is 0.677. The van der Waals surface area contributed by atoms with Crippen molar-refractivity contribution in [1.29, 1.82) is 5.26 Å². The third-order valence-electron chi connectivity index (χ3n) is 9.06. The number of nitrogens with zero attached hydrogens (tertiary/aromatic N) is 4. The summed E-state index contributed by atoms with van der Waals surface area (Å²) in [5, 5.41) is 22.7. The van der Waals surface area contributed by atoms with Crippen LogP contribution in [0.3, 0.4) is 0 Å². The second-order valence-electron chi connectivity index (χ2n) is 13.0. The Morgan fingerprint density at radius 2 is 1.85 bits per heavy atom. The molecule has 0 radical (unpaired) electrons. The molecular weight excluding hydrogens is 506 g/mol. The van der Waals surface area contributed by atoms with Crippen LogP contribution in [0, 0.1) is 28.6 Å². The Morgan fingerprint density at radius 1 is 1.15 bits per heavy atom. The first-order valence-corrected chi connectivity index (χ1v) is 14.8. The Balaban J connectivity index is 1.37. The molecule has 4 rings (SSSR count). The molecule has 218 valence electrons. The van der Waals surface area contributed by atoms with Crippen LogP contribution in [-0.2, 0) is 27.3 Å². The fourth-order valence-corrected chi connectivity index (χ4v) is 6.68. The van der Waals surface area contributed by atoms with E-state index in [9.17, 15) is 24.9 Å². The average Bonchev–Trinajstić information content (AvgIpc) is 3.47. The van der Waals surface area contributed by atoms with E-state index in [1.165, 1.54) is 11.1 Å². The maximum atomic E-state index is 13.8. The Hall–Kier alpha value is -2.96. The summed E-state index contributed by atoms with van der Waals surface area (Å²) in [6, 6.07) is 7.88. The number of rotatable bonds is 9. The van der Waals surface area contributed by atoms with Gasteiger partial charge < -0.3 is 10.2 Å². The van der Waals surface area contributed by atoms with E-state index in [1.807, 2.05) is 37.8 Å². The van der Waals surface area contributed by atoms with Crippen molar-refractivity contribution >= 4 is 18.2 Å². The number of carbonyl (C=O) groups is 3. The molecule has 1 saturated heterocycles. The summed E-state index contributed by atoms with van der Waals surface area (Å²) in [5.74, 6) is -0.519. The molecule has 0 spiro atoms. The third-order valence-corrected chi connectivity index (χ3v) is 9.06. The smallest absolute Gasteiger partial charge is 0.245 e.